The number of nitrogens with zero attached hydrogens (tertiary/aromatic N) is 1. The summed E-state index contributed by atoms with van der Waals surface area (Å²) in [7, 11) is 0. The number of amides is 1. The lowest BCUT2D eigenvalue weighted by molar-refractivity contribution is -0.118. The Hall–Kier alpha value is -2.51. The summed E-state index contributed by atoms with van der Waals surface area (Å²) in [5.41, 5.74) is 1.40. The van der Waals surface area contributed by atoms with Gasteiger partial charge >= 0.3 is 0 Å². The van der Waals surface area contributed by atoms with E-state index in [-0.39, 0.29) is 18.3 Å². The van der Waals surface area contributed by atoms with Gasteiger partial charge in [0.2, 0.25) is 0 Å². The third kappa shape index (κ3) is 4.06. The average Bonchev–Trinajstić information content (AvgIpc) is 3.24. The van der Waals surface area contributed by atoms with E-state index in [0.29, 0.717) is 16.4 Å². The fraction of sp³-hybridized carbons (Fsp3) is 0.118. The number of aromatic nitrogens is 1. The zero-order valence-electron chi connectivity index (χ0n) is 12.8. The first-order valence-corrected chi connectivity index (χ1v) is 8.91. The van der Waals surface area contributed by atoms with Crippen LogP contribution in [0.25, 0.3) is 10.6 Å². The first-order valence-electron chi connectivity index (χ1n) is 7.15. The summed E-state index contributed by atoms with van der Waals surface area (Å²) >= 11 is 2.97. The Balaban J connectivity index is 1.56. The number of carbonyl (C=O) groups is 2. The van der Waals surface area contributed by atoms with Crippen LogP contribution in [0.1, 0.15) is 17.3 Å². The van der Waals surface area contributed by atoms with Crippen molar-refractivity contribution in [2.75, 3.05) is 11.9 Å². The topological polar surface area (TPSA) is 68.3 Å². The van der Waals surface area contributed by atoms with Crippen LogP contribution >= 0.6 is 22.7 Å². The van der Waals surface area contributed by atoms with Crippen molar-refractivity contribution in [1.29, 1.82) is 0 Å². The molecule has 0 aliphatic heterocycles. The number of rotatable bonds is 6. The number of thiazole rings is 1. The molecule has 0 fully saturated rings. The Morgan fingerprint density at radius 3 is 2.83 bits per heavy atom. The number of ketones is 1. The van der Waals surface area contributed by atoms with Gasteiger partial charge in [-0.05, 0) is 30.5 Å². The maximum atomic E-state index is 12.0. The molecule has 0 bridgehead atoms. The standard InChI is InChI=1S/C17H14N2O3S2/c1-11(20)12-4-2-5-13(8-12)22-9-16(21)19-17-18-14(10-24-17)15-6-3-7-23-15/h2-8,10H,9H2,1H3,(H,18,19,21). The molecule has 0 aliphatic carbocycles. The minimum atomic E-state index is -0.296. The lowest BCUT2D eigenvalue weighted by Gasteiger charge is -2.06. The molecular weight excluding hydrogens is 344 g/mol. The highest BCUT2D eigenvalue weighted by atomic mass is 32.1. The smallest absolute Gasteiger partial charge is 0.264 e. The minimum absolute atomic E-state index is 0.0474. The SMILES string of the molecule is CC(=O)c1cccc(OCC(=O)Nc2nc(-c3cccs3)cs2)c1. The number of Topliss-reactive ketones (excluding diaryl/α,β-unsaturated/α-hetero) is 1. The summed E-state index contributed by atoms with van der Waals surface area (Å²) in [4.78, 5) is 28.7. The van der Waals surface area contributed by atoms with Crippen molar-refractivity contribution < 1.29 is 14.3 Å². The van der Waals surface area contributed by atoms with Crippen molar-refractivity contribution in [3.05, 3.63) is 52.7 Å². The van der Waals surface area contributed by atoms with Crippen LogP contribution in [0.4, 0.5) is 5.13 Å². The molecule has 0 spiro atoms. The van der Waals surface area contributed by atoms with E-state index in [9.17, 15) is 9.59 Å². The Morgan fingerprint density at radius 2 is 2.08 bits per heavy atom. The van der Waals surface area contributed by atoms with Gasteiger partial charge in [0.15, 0.2) is 17.5 Å². The molecule has 1 amide bonds. The second kappa shape index (κ2) is 7.37. The molecule has 3 aromatic rings. The van der Waals surface area contributed by atoms with Crippen LogP contribution in [0, 0.1) is 0 Å². The lowest BCUT2D eigenvalue weighted by Crippen LogP contribution is -2.20. The van der Waals surface area contributed by atoms with Gasteiger partial charge in [0, 0.05) is 10.9 Å². The van der Waals surface area contributed by atoms with Crippen molar-refractivity contribution >= 4 is 39.5 Å². The largest absolute Gasteiger partial charge is 0.484 e. The van der Waals surface area contributed by atoms with Gasteiger partial charge in [-0.3, -0.25) is 14.9 Å². The zero-order valence-corrected chi connectivity index (χ0v) is 14.4. The Morgan fingerprint density at radius 1 is 1.21 bits per heavy atom. The molecule has 122 valence electrons. The van der Waals surface area contributed by atoms with Crippen LogP contribution in [0.5, 0.6) is 5.75 Å². The molecule has 24 heavy (non-hydrogen) atoms. The van der Waals surface area contributed by atoms with E-state index in [2.05, 4.69) is 10.3 Å². The quantitative estimate of drug-likeness (QED) is 0.674. The monoisotopic (exact) mass is 358 g/mol. The molecule has 2 aromatic heterocycles. The number of nitrogens with one attached hydrogen (secondary N) is 1. The molecule has 0 atom stereocenters. The van der Waals surface area contributed by atoms with Gasteiger partial charge in [0.25, 0.3) is 5.91 Å². The first-order chi connectivity index (χ1) is 11.6. The van der Waals surface area contributed by atoms with Crippen molar-refractivity contribution in [2.45, 2.75) is 6.92 Å². The molecular formula is C17H14N2O3S2. The van der Waals surface area contributed by atoms with Crippen molar-refractivity contribution in [1.82, 2.24) is 4.98 Å². The summed E-state index contributed by atoms with van der Waals surface area (Å²) in [6.07, 6.45) is 0. The minimum Gasteiger partial charge on any atom is -0.484 e. The van der Waals surface area contributed by atoms with Gasteiger partial charge in [-0.2, -0.15) is 0 Å². The zero-order chi connectivity index (χ0) is 16.9. The van der Waals surface area contributed by atoms with Crippen molar-refractivity contribution in [3.63, 3.8) is 0 Å². The number of carbonyl (C=O) groups excluding carboxylic acids is 2. The summed E-state index contributed by atoms with van der Waals surface area (Å²) in [6.45, 7) is 1.34. The molecule has 5 nitrogen and oxygen atoms in total. The van der Waals surface area contributed by atoms with Gasteiger partial charge in [0.05, 0.1) is 10.6 Å². The number of benzene rings is 1. The molecule has 2 heterocycles. The van der Waals surface area contributed by atoms with E-state index in [1.165, 1.54) is 18.3 Å². The molecule has 0 saturated heterocycles. The second-order valence-electron chi connectivity index (χ2n) is 4.94. The Kier molecular flexibility index (Phi) is 5.02. The number of hydrogen-bond acceptors (Lipinski definition) is 6. The number of anilines is 1. The molecule has 3 rings (SSSR count). The average molecular weight is 358 g/mol. The van der Waals surface area contributed by atoms with E-state index < -0.39 is 0 Å². The van der Waals surface area contributed by atoms with E-state index in [4.69, 9.17) is 4.74 Å². The molecule has 0 unspecified atom stereocenters. The van der Waals surface area contributed by atoms with Crippen LogP contribution < -0.4 is 10.1 Å². The van der Waals surface area contributed by atoms with Gasteiger partial charge < -0.3 is 4.74 Å². The molecule has 1 aromatic carbocycles. The third-order valence-electron chi connectivity index (χ3n) is 3.13. The summed E-state index contributed by atoms with van der Waals surface area (Å²) in [6, 6.07) is 10.7. The van der Waals surface area contributed by atoms with Crippen molar-refractivity contribution in [2.24, 2.45) is 0 Å². The van der Waals surface area contributed by atoms with Gasteiger partial charge in [-0.25, -0.2) is 4.98 Å². The van der Waals surface area contributed by atoms with Crippen LogP contribution in [0.2, 0.25) is 0 Å². The fourth-order valence-corrected chi connectivity index (χ4v) is 3.47. The van der Waals surface area contributed by atoms with Crippen LogP contribution in [-0.2, 0) is 4.79 Å². The fourth-order valence-electron chi connectivity index (χ4n) is 1.98. The number of hydrogen-bond donors (Lipinski definition) is 1. The van der Waals surface area contributed by atoms with Crippen LogP contribution in [0.15, 0.2) is 47.2 Å². The predicted octanol–water partition coefficient (Wildman–Crippen LogP) is 4.09. The van der Waals surface area contributed by atoms with Crippen LogP contribution in [-0.4, -0.2) is 23.3 Å². The Bertz CT molecular complexity index is 856. The molecule has 0 aliphatic rings. The first kappa shape index (κ1) is 16.4. The highest BCUT2D eigenvalue weighted by Gasteiger charge is 2.10. The van der Waals surface area contributed by atoms with Gasteiger partial charge in [-0.1, -0.05) is 18.2 Å². The van der Waals surface area contributed by atoms with E-state index in [1.807, 2.05) is 22.9 Å². The van der Waals surface area contributed by atoms with Gasteiger partial charge in [0.1, 0.15) is 5.75 Å². The van der Waals surface area contributed by atoms with E-state index in [1.54, 1.807) is 35.6 Å². The molecule has 0 saturated carbocycles. The summed E-state index contributed by atoms with van der Waals surface area (Å²) < 4.78 is 5.42. The summed E-state index contributed by atoms with van der Waals surface area (Å²) in [5, 5.41) is 7.13. The molecule has 0 radical (unpaired) electrons. The van der Waals surface area contributed by atoms with Crippen LogP contribution in [0.3, 0.4) is 0 Å². The Labute approximate surface area is 146 Å². The second-order valence-corrected chi connectivity index (χ2v) is 6.74. The maximum absolute atomic E-state index is 12.0. The van der Waals surface area contributed by atoms with Crippen molar-refractivity contribution in [3.8, 4) is 16.3 Å². The number of ether oxygens (including phenoxy) is 1. The summed E-state index contributed by atoms with van der Waals surface area (Å²) in [5.74, 6) is 0.139. The highest BCUT2D eigenvalue weighted by Crippen LogP contribution is 2.28. The predicted molar refractivity (Wildman–Crippen MR) is 96.0 cm³/mol. The van der Waals surface area contributed by atoms with Gasteiger partial charge in [-0.15, -0.1) is 22.7 Å². The lowest BCUT2D eigenvalue weighted by atomic mass is 10.1. The van der Waals surface area contributed by atoms with E-state index in [0.717, 1.165) is 10.6 Å². The number of thiophene rings is 1. The molecule has 7 heteroatoms. The third-order valence-corrected chi connectivity index (χ3v) is 4.78. The maximum Gasteiger partial charge on any atom is 0.264 e. The highest BCUT2D eigenvalue weighted by molar-refractivity contribution is 7.16. The van der Waals surface area contributed by atoms with E-state index >= 15 is 0 Å². The molecule has 1 N–H and O–H groups in total. The normalized spacial score (nSPS) is 10.4.